The van der Waals surface area contributed by atoms with Crippen molar-refractivity contribution in [2.24, 2.45) is 0 Å². The predicted octanol–water partition coefficient (Wildman–Crippen LogP) is 4.65. The van der Waals surface area contributed by atoms with Crippen molar-refractivity contribution in [2.45, 2.75) is 37.0 Å². The number of benzene rings is 2. The van der Waals surface area contributed by atoms with Gasteiger partial charge >= 0.3 is 6.18 Å². The minimum atomic E-state index is -4.47. The van der Waals surface area contributed by atoms with Crippen molar-refractivity contribution in [1.82, 2.24) is 35.0 Å². The number of rotatable bonds is 8. The highest BCUT2D eigenvalue weighted by atomic mass is 32.2. The minimum Gasteiger partial charge on any atom is -0.497 e. The summed E-state index contributed by atoms with van der Waals surface area (Å²) in [6, 6.07) is 12.2. The molecular formula is C21H20F3N7OS. The van der Waals surface area contributed by atoms with E-state index in [1.165, 1.54) is 17.8 Å². The number of halogens is 3. The molecule has 0 aliphatic carbocycles. The summed E-state index contributed by atoms with van der Waals surface area (Å²) >= 11 is 1.30. The molecule has 0 spiro atoms. The van der Waals surface area contributed by atoms with Gasteiger partial charge in [-0.05, 0) is 59.3 Å². The summed E-state index contributed by atoms with van der Waals surface area (Å²) in [6.45, 7) is 2.68. The molecule has 8 nitrogen and oxygen atoms in total. The van der Waals surface area contributed by atoms with Crippen LogP contribution in [0.3, 0.4) is 0 Å². The average molecular weight is 476 g/mol. The van der Waals surface area contributed by atoms with E-state index in [2.05, 4.69) is 25.7 Å². The lowest BCUT2D eigenvalue weighted by atomic mass is 10.1. The second-order valence-electron chi connectivity index (χ2n) is 7.03. The average Bonchev–Trinajstić information content (AvgIpc) is 3.44. The number of nitrogens with zero attached hydrogens (tertiary/aromatic N) is 7. The first-order valence-corrected chi connectivity index (χ1v) is 11.0. The van der Waals surface area contributed by atoms with E-state index in [1.54, 1.807) is 46.7 Å². The van der Waals surface area contributed by atoms with Gasteiger partial charge in [0.1, 0.15) is 5.75 Å². The molecule has 4 aromatic rings. The molecule has 2 aromatic carbocycles. The topological polar surface area (TPSA) is 83.5 Å². The molecule has 4 rings (SSSR count). The summed E-state index contributed by atoms with van der Waals surface area (Å²) in [6.07, 6.45) is -3.61. The van der Waals surface area contributed by atoms with Crippen molar-refractivity contribution in [1.29, 1.82) is 0 Å². The van der Waals surface area contributed by atoms with Gasteiger partial charge in [0.25, 0.3) is 0 Å². The summed E-state index contributed by atoms with van der Waals surface area (Å²) in [5, 5.41) is 20.7. The Hall–Kier alpha value is -3.41. The van der Waals surface area contributed by atoms with Crippen molar-refractivity contribution in [2.75, 3.05) is 7.11 Å². The van der Waals surface area contributed by atoms with Gasteiger partial charge in [0.15, 0.2) is 16.8 Å². The highest BCUT2D eigenvalue weighted by Gasteiger charge is 2.31. The van der Waals surface area contributed by atoms with Gasteiger partial charge in [0, 0.05) is 12.1 Å². The number of tetrazole rings is 1. The molecule has 33 heavy (non-hydrogen) atoms. The number of alkyl halides is 3. The molecule has 0 aliphatic heterocycles. The van der Waals surface area contributed by atoms with Crippen LogP contribution in [0.25, 0.3) is 17.1 Å². The zero-order chi connectivity index (χ0) is 23.4. The molecule has 0 fully saturated rings. The third kappa shape index (κ3) is 5.00. The van der Waals surface area contributed by atoms with Gasteiger partial charge in [-0.25, -0.2) is 4.68 Å². The third-order valence-corrected chi connectivity index (χ3v) is 5.71. The van der Waals surface area contributed by atoms with Gasteiger partial charge in [-0.1, -0.05) is 24.8 Å². The molecule has 172 valence electrons. The fourth-order valence-corrected chi connectivity index (χ4v) is 4.07. The standard InChI is InChI=1S/C21H20F3N7OS/c1-3-11-30-18(25-28-29-30)13-33-20-27-26-19(14-7-9-17(32-2)10-8-14)31(20)16-6-4-5-15(12-16)21(22,23)24/h4-10,12H,3,11,13H2,1-2H3. The second-order valence-corrected chi connectivity index (χ2v) is 7.97. The van der Waals surface area contributed by atoms with Gasteiger partial charge in [-0.2, -0.15) is 13.2 Å². The number of aryl methyl sites for hydroxylation is 1. The molecule has 0 N–H and O–H groups in total. The first-order chi connectivity index (χ1) is 15.9. The number of hydrogen-bond acceptors (Lipinski definition) is 7. The lowest BCUT2D eigenvalue weighted by Crippen LogP contribution is -2.07. The first kappa shape index (κ1) is 22.8. The Bertz CT molecular complexity index is 1220. The van der Waals surface area contributed by atoms with E-state index in [0.717, 1.165) is 18.6 Å². The zero-order valence-corrected chi connectivity index (χ0v) is 18.6. The largest absolute Gasteiger partial charge is 0.497 e. The Labute approximate surface area is 191 Å². The minimum absolute atomic E-state index is 0.302. The van der Waals surface area contributed by atoms with Gasteiger partial charge in [-0.15, -0.1) is 15.3 Å². The van der Waals surface area contributed by atoms with Crippen molar-refractivity contribution >= 4 is 11.8 Å². The van der Waals surface area contributed by atoms with Gasteiger partial charge < -0.3 is 4.74 Å². The van der Waals surface area contributed by atoms with Crippen molar-refractivity contribution in [3.05, 3.63) is 59.9 Å². The molecule has 0 bridgehead atoms. The maximum atomic E-state index is 13.4. The van der Waals surface area contributed by atoms with Gasteiger partial charge in [0.05, 0.1) is 24.1 Å². The lowest BCUT2D eigenvalue weighted by Gasteiger charge is -2.13. The van der Waals surface area contributed by atoms with Gasteiger partial charge in [-0.3, -0.25) is 4.57 Å². The summed E-state index contributed by atoms with van der Waals surface area (Å²) in [5.41, 5.74) is 0.233. The van der Waals surface area contributed by atoms with Crippen LogP contribution in [0, 0.1) is 0 Å². The van der Waals surface area contributed by atoms with Crippen molar-refractivity contribution in [3.63, 3.8) is 0 Å². The Kier molecular flexibility index (Phi) is 6.63. The third-order valence-electron chi connectivity index (χ3n) is 4.79. The molecule has 0 radical (unpaired) electrons. The van der Waals surface area contributed by atoms with E-state index < -0.39 is 11.7 Å². The molecule has 2 aromatic heterocycles. The van der Waals surface area contributed by atoms with E-state index in [1.807, 2.05) is 6.92 Å². The fourth-order valence-electron chi connectivity index (χ4n) is 3.19. The van der Waals surface area contributed by atoms with E-state index >= 15 is 0 Å². The smallest absolute Gasteiger partial charge is 0.416 e. The van der Waals surface area contributed by atoms with Crippen LogP contribution in [-0.4, -0.2) is 42.1 Å². The van der Waals surface area contributed by atoms with E-state index in [4.69, 9.17) is 4.74 Å². The van der Waals surface area contributed by atoms with Crippen molar-refractivity contribution in [3.8, 4) is 22.8 Å². The Morgan fingerprint density at radius 2 is 1.82 bits per heavy atom. The molecule has 0 aliphatic rings. The number of ether oxygens (including phenoxy) is 1. The van der Waals surface area contributed by atoms with Crippen LogP contribution in [0.5, 0.6) is 5.75 Å². The maximum absolute atomic E-state index is 13.4. The van der Waals surface area contributed by atoms with E-state index in [-0.39, 0.29) is 0 Å². The normalized spacial score (nSPS) is 11.7. The number of aromatic nitrogens is 7. The quantitative estimate of drug-likeness (QED) is 0.343. The Morgan fingerprint density at radius 1 is 1.03 bits per heavy atom. The van der Waals surface area contributed by atoms with E-state index in [0.29, 0.717) is 46.1 Å². The maximum Gasteiger partial charge on any atom is 0.416 e. The van der Waals surface area contributed by atoms with Crippen LogP contribution in [0.2, 0.25) is 0 Å². The molecule has 0 saturated carbocycles. The van der Waals surface area contributed by atoms with Crippen LogP contribution in [0.15, 0.2) is 53.7 Å². The molecule has 12 heteroatoms. The monoisotopic (exact) mass is 475 g/mol. The number of thioether (sulfide) groups is 1. The van der Waals surface area contributed by atoms with Gasteiger partial charge in [0.2, 0.25) is 0 Å². The number of methoxy groups -OCH3 is 1. The molecule has 0 atom stereocenters. The number of hydrogen-bond donors (Lipinski definition) is 0. The SMILES string of the molecule is CCCn1nnnc1CSc1nnc(-c2ccc(OC)cc2)n1-c1cccc(C(F)(F)F)c1. The molecule has 0 saturated heterocycles. The molecular weight excluding hydrogens is 455 g/mol. The van der Waals surface area contributed by atoms with Crippen LogP contribution in [0.1, 0.15) is 24.7 Å². The molecule has 0 unspecified atom stereocenters. The van der Waals surface area contributed by atoms with Crippen LogP contribution < -0.4 is 4.74 Å². The summed E-state index contributed by atoms with van der Waals surface area (Å²) < 4.78 is 48.6. The van der Waals surface area contributed by atoms with Crippen molar-refractivity contribution < 1.29 is 17.9 Å². The van der Waals surface area contributed by atoms with Crippen LogP contribution in [-0.2, 0) is 18.5 Å². The Balaban J connectivity index is 1.75. The Morgan fingerprint density at radius 3 is 2.52 bits per heavy atom. The summed E-state index contributed by atoms with van der Waals surface area (Å²) in [4.78, 5) is 0. The fraction of sp³-hybridized carbons (Fsp3) is 0.286. The van der Waals surface area contributed by atoms with E-state index in [9.17, 15) is 13.2 Å². The highest BCUT2D eigenvalue weighted by molar-refractivity contribution is 7.98. The van der Waals surface area contributed by atoms with Crippen LogP contribution in [0.4, 0.5) is 13.2 Å². The molecule has 2 heterocycles. The first-order valence-electron chi connectivity index (χ1n) is 10.1. The zero-order valence-electron chi connectivity index (χ0n) is 17.8. The lowest BCUT2D eigenvalue weighted by molar-refractivity contribution is -0.137. The van der Waals surface area contributed by atoms with Crippen LogP contribution >= 0.6 is 11.8 Å². The predicted molar refractivity (Wildman–Crippen MR) is 116 cm³/mol. The summed E-state index contributed by atoms with van der Waals surface area (Å²) in [7, 11) is 1.56. The highest BCUT2D eigenvalue weighted by Crippen LogP contribution is 2.34. The molecule has 0 amide bonds. The second kappa shape index (κ2) is 9.61. The summed E-state index contributed by atoms with van der Waals surface area (Å²) in [5.74, 6) is 2.09.